The van der Waals surface area contributed by atoms with Crippen molar-refractivity contribution in [3.63, 3.8) is 0 Å². The van der Waals surface area contributed by atoms with Gasteiger partial charge in [-0.3, -0.25) is 9.71 Å². The van der Waals surface area contributed by atoms with E-state index in [0.29, 0.717) is 23.0 Å². The van der Waals surface area contributed by atoms with Gasteiger partial charge in [0.2, 0.25) is 5.95 Å². The number of hydrogen-bond donors (Lipinski definition) is 1. The van der Waals surface area contributed by atoms with E-state index in [9.17, 15) is 8.42 Å². The van der Waals surface area contributed by atoms with Crippen LogP contribution in [0.25, 0.3) is 10.9 Å². The molecule has 0 bridgehead atoms. The molecule has 9 heteroatoms. The van der Waals surface area contributed by atoms with Crippen LogP contribution < -0.4 is 14.5 Å². The first-order chi connectivity index (χ1) is 14.0. The largest absolute Gasteiger partial charge is 0.361 e. The second-order valence-electron chi connectivity index (χ2n) is 7.29. The van der Waals surface area contributed by atoms with Gasteiger partial charge in [0, 0.05) is 38.8 Å². The maximum absolute atomic E-state index is 13.1. The van der Waals surface area contributed by atoms with Crippen molar-refractivity contribution in [3.05, 3.63) is 42.7 Å². The first kappa shape index (κ1) is 19.4. The Kier molecular flexibility index (Phi) is 5.23. The number of aromatic nitrogens is 3. The van der Waals surface area contributed by atoms with Crippen molar-refractivity contribution < 1.29 is 8.42 Å². The lowest BCUT2D eigenvalue weighted by atomic mass is 10.1. The third kappa shape index (κ3) is 3.95. The Bertz CT molecular complexity index is 1120. The molecular weight excluding hydrogens is 388 g/mol. The lowest BCUT2D eigenvalue weighted by Gasteiger charge is -2.28. The second-order valence-corrected chi connectivity index (χ2v) is 8.94. The standard InChI is InChI=1S/C20H24N6O2S/c1-25(2)19-16(14-22-20(23-19)26-12-4-3-5-13-26)24-29(27,28)17-10-6-8-15-9-7-11-21-18(15)17/h6-11,14,24H,3-5,12-13H2,1-2H3. The summed E-state index contributed by atoms with van der Waals surface area (Å²) in [6, 6.07) is 8.72. The predicted molar refractivity (Wildman–Crippen MR) is 115 cm³/mol. The number of hydrogen-bond acceptors (Lipinski definition) is 7. The smallest absolute Gasteiger partial charge is 0.264 e. The van der Waals surface area contributed by atoms with Crippen LogP contribution in [0.4, 0.5) is 17.5 Å². The summed E-state index contributed by atoms with van der Waals surface area (Å²) in [6.45, 7) is 1.83. The molecule has 0 atom stereocenters. The van der Waals surface area contributed by atoms with Gasteiger partial charge in [-0.15, -0.1) is 0 Å². The summed E-state index contributed by atoms with van der Waals surface area (Å²) in [5.74, 6) is 1.15. The number of fused-ring (bicyclic) bond motifs is 1. The Morgan fingerprint density at radius 2 is 1.79 bits per heavy atom. The first-order valence-electron chi connectivity index (χ1n) is 9.61. The quantitative estimate of drug-likeness (QED) is 0.689. The van der Waals surface area contributed by atoms with Crippen LogP contribution in [0.2, 0.25) is 0 Å². The summed E-state index contributed by atoms with van der Waals surface area (Å²) in [4.78, 5) is 17.4. The number of benzene rings is 1. The zero-order valence-electron chi connectivity index (χ0n) is 16.5. The zero-order valence-corrected chi connectivity index (χ0v) is 17.4. The predicted octanol–water partition coefficient (Wildman–Crippen LogP) is 2.88. The minimum atomic E-state index is -3.87. The molecule has 1 aromatic carbocycles. The fourth-order valence-electron chi connectivity index (χ4n) is 3.52. The van der Waals surface area contributed by atoms with Crippen molar-refractivity contribution in [2.24, 2.45) is 0 Å². The molecule has 3 aromatic rings. The van der Waals surface area contributed by atoms with E-state index < -0.39 is 10.0 Å². The Balaban J connectivity index is 1.70. The molecule has 4 rings (SSSR count). The maximum Gasteiger partial charge on any atom is 0.264 e. The Morgan fingerprint density at radius 1 is 1.03 bits per heavy atom. The lowest BCUT2D eigenvalue weighted by molar-refractivity contribution is 0.568. The molecule has 1 N–H and O–H groups in total. The van der Waals surface area contributed by atoms with E-state index in [1.165, 1.54) is 6.42 Å². The third-order valence-corrected chi connectivity index (χ3v) is 6.35. The maximum atomic E-state index is 13.1. The van der Waals surface area contributed by atoms with Gasteiger partial charge in [0.15, 0.2) is 5.82 Å². The molecule has 0 amide bonds. The summed E-state index contributed by atoms with van der Waals surface area (Å²) in [5.41, 5.74) is 0.767. The van der Waals surface area contributed by atoms with E-state index >= 15 is 0 Å². The first-order valence-corrected chi connectivity index (χ1v) is 11.1. The highest BCUT2D eigenvalue weighted by Crippen LogP contribution is 2.29. The number of piperidine rings is 1. The fourth-order valence-corrected chi connectivity index (χ4v) is 4.74. The van der Waals surface area contributed by atoms with E-state index in [4.69, 9.17) is 0 Å². The van der Waals surface area contributed by atoms with Crippen molar-refractivity contribution in [2.45, 2.75) is 24.2 Å². The van der Waals surface area contributed by atoms with Crippen molar-refractivity contribution in [2.75, 3.05) is 41.7 Å². The molecule has 3 heterocycles. The molecule has 0 spiro atoms. The van der Waals surface area contributed by atoms with Gasteiger partial charge in [-0.2, -0.15) is 4.98 Å². The molecule has 152 valence electrons. The summed E-state index contributed by atoms with van der Waals surface area (Å²) in [7, 11) is -0.201. The van der Waals surface area contributed by atoms with Crippen LogP contribution in [0.3, 0.4) is 0 Å². The highest BCUT2D eigenvalue weighted by molar-refractivity contribution is 7.93. The van der Waals surface area contributed by atoms with Crippen LogP contribution in [-0.2, 0) is 10.0 Å². The molecule has 8 nitrogen and oxygen atoms in total. The van der Waals surface area contributed by atoms with E-state index in [0.717, 1.165) is 31.3 Å². The molecule has 0 saturated carbocycles. The number of nitrogens with zero attached hydrogens (tertiary/aromatic N) is 5. The Labute approximate surface area is 170 Å². The average molecular weight is 413 g/mol. The topological polar surface area (TPSA) is 91.3 Å². The molecule has 0 aliphatic carbocycles. The molecule has 1 saturated heterocycles. The van der Waals surface area contributed by atoms with E-state index in [1.54, 1.807) is 35.5 Å². The zero-order chi connectivity index (χ0) is 20.4. The van der Waals surface area contributed by atoms with E-state index in [1.807, 2.05) is 26.2 Å². The van der Waals surface area contributed by atoms with Crippen LogP contribution in [0.1, 0.15) is 19.3 Å². The molecular formula is C20H24N6O2S. The average Bonchev–Trinajstić information content (AvgIpc) is 2.74. The number of para-hydroxylation sites is 1. The summed E-state index contributed by atoms with van der Waals surface area (Å²) in [5, 5.41) is 0.764. The molecule has 1 fully saturated rings. The highest BCUT2D eigenvalue weighted by atomic mass is 32.2. The second kappa shape index (κ2) is 7.82. The number of rotatable bonds is 5. The minimum Gasteiger partial charge on any atom is -0.361 e. The summed E-state index contributed by atoms with van der Waals surface area (Å²) < 4.78 is 28.9. The molecule has 2 aromatic heterocycles. The SMILES string of the molecule is CN(C)c1nc(N2CCCCC2)ncc1NS(=O)(=O)c1cccc2cccnc12. The van der Waals surface area contributed by atoms with Gasteiger partial charge in [0.25, 0.3) is 10.0 Å². The third-order valence-electron chi connectivity index (χ3n) is 4.95. The number of pyridine rings is 1. The van der Waals surface area contributed by atoms with Crippen molar-refractivity contribution in [3.8, 4) is 0 Å². The van der Waals surface area contributed by atoms with Crippen LogP contribution in [-0.4, -0.2) is 50.6 Å². The van der Waals surface area contributed by atoms with Crippen molar-refractivity contribution in [1.82, 2.24) is 15.0 Å². The highest BCUT2D eigenvalue weighted by Gasteiger charge is 2.22. The number of sulfonamides is 1. The van der Waals surface area contributed by atoms with Gasteiger partial charge < -0.3 is 9.80 Å². The van der Waals surface area contributed by atoms with Crippen LogP contribution in [0.15, 0.2) is 47.6 Å². The molecule has 0 unspecified atom stereocenters. The molecule has 1 aliphatic rings. The van der Waals surface area contributed by atoms with Gasteiger partial charge in [-0.25, -0.2) is 13.4 Å². The van der Waals surface area contributed by atoms with Crippen molar-refractivity contribution in [1.29, 1.82) is 0 Å². The van der Waals surface area contributed by atoms with Gasteiger partial charge >= 0.3 is 0 Å². The molecule has 0 radical (unpaired) electrons. The summed E-state index contributed by atoms with van der Waals surface area (Å²) >= 11 is 0. The normalized spacial score (nSPS) is 14.8. The van der Waals surface area contributed by atoms with E-state index in [2.05, 4.69) is 24.6 Å². The van der Waals surface area contributed by atoms with E-state index in [-0.39, 0.29) is 4.90 Å². The van der Waals surface area contributed by atoms with Crippen LogP contribution >= 0.6 is 0 Å². The number of anilines is 3. The van der Waals surface area contributed by atoms with Gasteiger partial charge in [-0.05, 0) is 31.4 Å². The van der Waals surface area contributed by atoms with Crippen LogP contribution in [0.5, 0.6) is 0 Å². The Morgan fingerprint density at radius 3 is 2.55 bits per heavy atom. The molecule has 1 aliphatic heterocycles. The minimum absolute atomic E-state index is 0.125. The summed E-state index contributed by atoms with van der Waals surface area (Å²) in [6.07, 6.45) is 6.58. The fraction of sp³-hybridized carbons (Fsp3) is 0.350. The number of nitrogens with one attached hydrogen (secondary N) is 1. The van der Waals surface area contributed by atoms with Gasteiger partial charge in [-0.1, -0.05) is 18.2 Å². The van der Waals surface area contributed by atoms with Crippen LogP contribution in [0, 0.1) is 0 Å². The Hall–Kier alpha value is -2.94. The van der Waals surface area contributed by atoms with Crippen molar-refractivity contribution >= 4 is 38.4 Å². The van der Waals surface area contributed by atoms with Gasteiger partial charge in [0.05, 0.1) is 11.7 Å². The molecule has 29 heavy (non-hydrogen) atoms. The van der Waals surface area contributed by atoms with Gasteiger partial charge in [0.1, 0.15) is 10.6 Å². The monoisotopic (exact) mass is 412 g/mol. The lowest BCUT2D eigenvalue weighted by Crippen LogP contribution is -2.31.